The van der Waals surface area contributed by atoms with Crippen LogP contribution in [-0.4, -0.2) is 26.1 Å². The van der Waals surface area contributed by atoms with E-state index in [-0.39, 0.29) is 17.0 Å². The first-order chi connectivity index (χ1) is 7.60. The lowest BCUT2D eigenvalue weighted by Gasteiger charge is -2.31. The van der Waals surface area contributed by atoms with E-state index in [2.05, 4.69) is 46.6 Å². The Morgan fingerprint density at radius 2 is 1.71 bits per heavy atom. The molecule has 0 radical (unpaired) electrons. The van der Waals surface area contributed by atoms with Crippen LogP contribution in [0, 0.1) is 0 Å². The van der Waals surface area contributed by atoms with Crippen molar-refractivity contribution in [1.82, 2.24) is 14.7 Å². The molecule has 1 amide bonds. The van der Waals surface area contributed by atoms with E-state index in [0.717, 1.165) is 11.3 Å². The van der Waals surface area contributed by atoms with Gasteiger partial charge in [-0.3, -0.25) is 9.48 Å². The van der Waals surface area contributed by atoms with E-state index in [0.29, 0.717) is 6.54 Å². The van der Waals surface area contributed by atoms with E-state index in [1.54, 1.807) is 0 Å². The van der Waals surface area contributed by atoms with Gasteiger partial charge in [0.1, 0.15) is 0 Å². The molecule has 0 fully saturated rings. The van der Waals surface area contributed by atoms with Crippen LogP contribution in [0.5, 0.6) is 0 Å². The number of rotatable bonds is 0. The molecule has 4 nitrogen and oxygen atoms in total. The minimum absolute atomic E-state index is 0.0722. The van der Waals surface area contributed by atoms with Crippen LogP contribution in [0.25, 0.3) is 0 Å². The van der Waals surface area contributed by atoms with Crippen LogP contribution in [0.4, 0.5) is 0 Å². The van der Waals surface area contributed by atoms with Gasteiger partial charge < -0.3 is 4.90 Å². The molecule has 2 heterocycles. The van der Waals surface area contributed by atoms with E-state index in [1.807, 2.05) is 15.8 Å². The zero-order valence-electron chi connectivity index (χ0n) is 11.5. The molecule has 0 saturated carbocycles. The van der Waals surface area contributed by atoms with Gasteiger partial charge in [-0.2, -0.15) is 5.10 Å². The van der Waals surface area contributed by atoms with Gasteiger partial charge in [0.15, 0.2) is 0 Å². The van der Waals surface area contributed by atoms with Crippen LogP contribution < -0.4 is 0 Å². The van der Waals surface area contributed by atoms with Gasteiger partial charge in [0.2, 0.25) is 0 Å². The second-order valence-electron chi connectivity index (χ2n) is 6.67. The number of nitrogens with zero attached hydrogens (tertiary/aromatic N) is 3. The van der Waals surface area contributed by atoms with Gasteiger partial charge in [-0.05, 0) is 41.5 Å². The Balaban J connectivity index is 2.35. The number of carbonyl (C=O) groups excluding carboxylic acids is 1. The number of hydrogen-bond acceptors (Lipinski definition) is 2. The van der Waals surface area contributed by atoms with Crippen molar-refractivity contribution in [3.05, 3.63) is 17.5 Å². The highest BCUT2D eigenvalue weighted by Gasteiger charge is 2.37. The first-order valence-corrected chi connectivity index (χ1v) is 6.02. The van der Waals surface area contributed by atoms with Gasteiger partial charge in [-0.25, -0.2) is 0 Å². The van der Waals surface area contributed by atoms with Gasteiger partial charge >= 0.3 is 0 Å². The van der Waals surface area contributed by atoms with Crippen molar-refractivity contribution in [1.29, 1.82) is 0 Å². The molecule has 17 heavy (non-hydrogen) atoms. The fourth-order valence-corrected chi connectivity index (χ4v) is 1.96. The average molecular weight is 235 g/mol. The largest absolute Gasteiger partial charge is 0.328 e. The Bertz CT molecular complexity index is 460. The number of carbonyl (C=O) groups is 1. The van der Waals surface area contributed by atoms with Gasteiger partial charge in [0.05, 0.1) is 23.3 Å². The summed E-state index contributed by atoms with van der Waals surface area (Å²) in [5.74, 6) is 0.100. The molecule has 1 aliphatic rings. The summed E-state index contributed by atoms with van der Waals surface area (Å²) in [5.41, 5.74) is 1.45. The second-order valence-corrected chi connectivity index (χ2v) is 6.67. The number of fused-ring (bicyclic) bond motifs is 1. The Kier molecular flexibility index (Phi) is 2.39. The molecule has 94 valence electrons. The summed E-state index contributed by atoms with van der Waals surface area (Å²) in [4.78, 5) is 14.1. The molecule has 0 bridgehead atoms. The smallest absolute Gasteiger partial charge is 0.258 e. The molecule has 1 aromatic heterocycles. The predicted octanol–water partition coefficient (Wildman–Crippen LogP) is 2.39. The van der Waals surface area contributed by atoms with Crippen LogP contribution >= 0.6 is 0 Å². The number of hydrogen-bond donors (Lipinski definition) is 0. The lowest BCUT2D eigenvalue weighted by molar-refractivity contribution is 0.0604. The molecule has 0 aliphatic carbocycles. The molecule has 0 aromatic carbocycles. The molecule has 0 N–H and O–H groups in total. The maximum absolute atomic E-state index is 12.3. The van der Waals surface area contributed by atoms with E-state index < -0.39 is 0 Å². The van der Waals surface area contributed by atoms with E-state index in [9.17, 15) is 4.79 Å². The zero-order valence-corrected chi connectivity index (χ0v) is 11.5. The Morgan fingerprint density at radius 1 is 1.12 bits per heavy atom. The topological polar surface area (TPSA) is 38.1 Å². The third-order valence-electron chi connectivity index (χ3n) is 3.07. The normalized spacial score (nSPS) is 16.6. The highest BCUT2D eigenvalue weighted by Crippen LogP contribution is 2.29. The van der Waals surface area contributed by atoms with Gasteiger partial charge in [-0.1, -0.05) is 0 Å². The van der Waals surface area contributed by atoms with Crippen molar-refractivity contribution in [2.45, 2.75) is 59.2 Å². The average Bonchev–Trinajstić information content (AvgIpc) is 2.63. The van der Waals surface area contributed by atoms with Crippen molar-refractivity contribution in [3.63, 3.8) is 0 Å². The highest BCUT2D eigenvalue weighted by atomic mass is 16.2. The lowest BCUT2D eigenvalue weighted by Crippen LogP contribution is -2.41. The minimum Gasteiger partial charge on any atom is -0.328 e. The first-order valence-electron chi connectivity index (χ1n) is 6.02. The number of aromatic nitrogens is 2. The van der Waals surface area contributed by atoms with Crippen LogP contribution in [0.1, 0.15) is 57.6 Å². The summed E-state index contributed by atoms with van der Waals surface area (Å²) in [6, 6.07) is 0. The fraction of sp³-hybridized carbons (Fsp3) is 0.692. The number of amides is 1. The molecule has 0 saturated heterocycles. The monoisotopic (exact) mass is 235 g/mol. The van der Waals surface area contributed by atoms with Crippen LogP contribution in [0.3, 0.4) is 0 Å². The molecular weight excluding hydrogens is 214 g/mol. The van der Waals surface area contributed by atoms with Crippen molar-refractivity contribution in [2.75, 3.05) is 0 Å². The summed E-state index contributed by atoms with van der Waals surface area (Å²) in [6.45, 7) is 13.0. The Morgan fingerprint density at radius 3 is 2.12 bits per heavy atom. The molecule has 1 aromatic rings. The summed E-state index contributed by atoms with van der Waals surface area (Å²) in [6.07, 6.45) is 1.88. The van der Waals surface area contributed by atoms with Gasteiger partial charge in [0.25, 0.3) is 5.91 Å². The van der Waals surface area contributed by atoms with E-state index >= 15 is 0 Å². The van der Waals surface area contributed by atoms with Crippen LogP contribution in [-0.2, 0) is 12.1 Å². The molecule has 2 rings (SSSR count). The first kappa shape index (κ1) is 12.1. The molecule has 0 unspecified atom stereocenters. The summed E-state index contributed by atoms with van der Waals surface area (Å²) in [7, 11) is 0. The Labute approximate surface area is 103 Å². The van der Waals surface area contributed by atoms with Crippen molar-refractivity contribution >= 4 is 5.91 Å². The standard InChI is InChI=1S/C13H21N3O/c1-12(2,3)15-8-10-9(11(15)17)7-16(14-10)13(4,5)6/h7H,8H2,1-6H3. The summed E-state index contributed by atoms with van der Waals surface area (Å²) in [5, 5.41) is 4.53. The third-order valence-corrected chi connectivity index (χ3v) is 3.07. The van der Waals surface area contributed by atoms with Crippen LogP contribution in [0.15, 0.2) is 6.20 Å². The minimum atomic E-state index is -0.142. The maximum Gasteiger partial charge on any atom is 0.258 e. The third kappa shape index (κ3) is 1.96. The SMILES string of the molecule is CC(C)(C)N1Cc2nn(C(C)(C)C)cc2C1=O. The molecule has 0 atom stereocenters. The quantitative estimate of drug-likeness (QED) is 0.692. The van der Waals surface area contributed by atoms with Crippen molar-refractivity contribution < 1.29 is 4.79 Å². The molecule has 1 aliphatic heterocycles. The van der Waals surface area contributed by atoms with E-state index in [4.69, 9.17) is 0 Å². The summed E-state index contributed by atoms with van der Waals surface area (Å²) >= 11 is 0. The summed E-state index contributed by atoms with van der Waals surface area (Å²) < 4.78 is 1.88. The second kappa shape index (κ2) is 3.34. The molecule has 0 spiro atoms. The maximum atomic E-state index is 12.3. The lowest BCUT2D eigenvalue weighted by atomic mass is 10.1. The van der Waals surface area contributed by atoms with Crippen molar-refractivity contribution in [2.24, 2.45) is 0 Å². The van der Waals surface area contributed by atoms with Gasteiger partial charge in [0, 0.05) is 11.7 Å². The van der Waals surface area contributed by atoms with Gasteiger partial charge in [-0.15, -0.1) is 0 Å². The van der Waals surface area contributed by atoms with Crippen molar-refractivity contribution in [3.8, 4) is 0 Å². The predicted molar refractivity (Wildman–Crippen MR) is 66.8 cm³/mol. The zero-order chi connectivity index (χ0) is 13.0. The fourth-order valence-electron chi connectivity index (χ4n) is 1.96. The van der Waals surface area contributed by atoms with Crippen LogP contribution in [0.2, 0.25) is 0 Å². The Hall–Kier alpha value is -1.32. The molecular formula is C13H21N3O. The molecule has 4 heteroatoms. The highest BCUT2D eigenvalue weighted by molar-refractivity contribution is 5.98. The van der Waals surface area contributed by atoms with E-state index in [1.165, 1.54) is 0 Å².